The zero-order valence-corrected chi connectivity index (χ0v) is 25.6. The van der Waals surface area contributed by atoms with Crippen LogP contribution in [-0.2, 0) is 21.3 Å². The van der Waals surface area contributed by atoms with Gasteiger partial charge in [0, 0.05) is 0 Å². The molecule has 1 fully saturated rings. The third kappa shape index (κ3) is 9.61. The van der Waals surface area contributed by atoms with Crippen LogP contribution in [0.25, 0.3) is 0 Å². The Morgan fingerprint density at radius 3 is 1.47 bits per heavy atom. The fraction of sp³-hybridized carbons (Fsp3) is 0.647. The Kier molecular flexibility index (Phi) is 9.97. The highest BCUT2D eigenvalue weighted by Crippen LogP contribution is 2.43. The van der Waals surface area contributed by atoms with E-state index in [0.29, 0.717) is 5.92 Å². The van der Waals surface area contributed by atoms with Gasteiger partial charge in [-0.05, 0) is 140 Å². The smallest absolute Gasteiger partial charge is 0.197 e. The van der Waals surface area contributed by atoms with Crippen LogP contribution in [0.5, 0.6) is 11.5 Å². The lowest BCUT2D eigenvalue weighted by Crippen LogP contribution is -2.32. The molecule has 38 heavy (non-hydrogen) atoms. The molecular formula is C34H52O4. The Morgan fingerprint density at radius 1 is 0.632 bits per heavy atom. The van der Waals surface area contributed by atoms with Crippen molar-refractivity contribution in [2.75, 3.05) is 0 Å². The quantitative estimate of drug-likeness (QED) is 0.290. The molecule has 0 bridgehead atoms. The van der Waals surface area contributed by atoms with Gasteiger partial charge < -0.3 is 18.9 Å². The Balaban J connectivity index is 1.49. The third-order valence-electron chi connectivity index (χ3n) is 7.56. The maximum absolute atomic E-state index is 5.98. The lowest BCUT2D eigenvalue weighted by molar-refractivity contribution is -0.140. The summed E-state index contributed by atoms with van der Waals surface area (Å²) < 4.78 is 23.7. The van der Waals surface area contributed by atoms with Crippen molar-refractivity contribution in [3.05, 3.63) is 59.7 Å². The first-order valence-electron chi connectivity index (χ1n) is 14.5. The molecule has 4 heteroatoms. The summed E-state index contributed by atoms with van der Waals surface area (Å²) in [5.74, 6) is 3.16. The molecule has 0 amide bonds. The van der Waals surface area contributed by atoms with E-state index in [1.807, 2.05) is 55.4 Å². The van der Waals surface area contributed by atoms with Crippen LogP contribution in [0.4, 0.5) is 0 Å². The van der Waals surface area contributed by atoms with Crippen LogP contribution in [0, 0.1) is 11.8 Å². The molecule has 3 rings (SSSR count). The minimum Gasteiger partial charge on any atom is -0.465 e. The summed E-state index contributed by atoms with van der Waals surface area (Å²) in [6.07, 6.45) is 5.71. The summed E-state index contributed by atoms with van der Waals surface area (Å²) in [5.41, 5.74) is 2.48. The van der Waals surface area contributed by atoms with Gasteiger partial charge in [-0.1, -0.05) is 38.1 Å². The lowest BCUT2D eigenvalue weighted by Gasteiger charge is -2.40. The maximum Gasteiger partial charge on any atom is 0.197 e. The van der Waals surface area contributed by atoms with Crippen LogP contribution in [0.15, 0.2) is 48.5 Å². The highest BCUT2D eigenvalue weighted by Gasteiger charge is 2.34. The fourth-order valence-corrected chi connectivity index (χ4v) is 5.75. The topological polar surface area (TPSA) is 36.9 Å². The summed E-state index contributed by atoms with van der Waals surface area (Å²) in [4.78, 5) is 0. The molecule has 2 aromatic carbocycles. The Hall–Kier alpha value is -2.04. The van der Waals surface area contributed by atoms with E-state index in [1.54, 1.807) is 0 Å². The van der Waals surface area contributed by atoms with Gasteiger partial charge in [-0.15, -0.1) is 0 Å². The zero-order chi connectivity index (χ0) is 28.1. The average Bonchev–Trinajstić information content (AvgIpc) is 2.78. The standard InChI is InChI=1S/C34H52O4/c1-24(37-32(3,4)5)35-30-19-13-27(14-20-30)23-26-11-15-28(16-12-26)34(9,10)29-17-21-31(22-18-29)36-25(2)38-33(6,7)8/h13-14,17-22,24-26,28H,11-12,15-16,23H2,1-10H3. The van der Waals surface area contributed by atoms with Gasteiger partial charge in [0.05, 0.1) is 11.2 Å². The van der Waals surface area contributed by atoms with Crippen molar-refractivity contribution < 1.29 is 18.9 Å². The van der Waals surface area contributed by atoms with E-state index in [2.05, 4.69) is 62.4 Å². The molecule has 4 nitrogen and oxygen atoms in total. The summed E-state index contributed by atoms with van der Waals surface area (Å²) in [5, 5.41) is 0. The lowest BCUT2D eigenvalue weighted by atomic mass is 9.65. The summed E-state index contributed by atoms with van der Waals surface area (Å²) in [6.45, 7) is 21.0. The predicted octanol–water partition coefficient (Wildman–Crippen LogP) is 9.09. The molecule has 2 unspecified atom stereocenters. The molecule has 1 aliphatic rings. The molecule has 2 aromatic rings. The van der Waals surface area contributed by atoms with Crippen molar-refractivity contribution in [1.82, 2.24) is 0 Å². The summed E-state index contributed by atoms with van der Waals surface area (Å²) in [6, 6.07) is 17.2. The Bertz CT molecular complexity index is 971. The minimum absolute atomic E-state index is 0.141. The van der Waals surface area contributed by atoms with Crippen molar-refractivity contribution in [1.29, 1.82) is 0 Å². The molecule has 0 saturated heterocycles. The monoisotopic (exact) mass is 524 g/mol. The highest BCUT2D eigenvalue weighted by molar-refractivity contribution is 5.32. The van der Waals surface area contributed by atoms with Crippen LogP contribution in [0.3, 0.4) is 0 Å². The second-order valence-electron chi connectivity index (χ2n) is 13.6. The number of hydrogen-bond acceptors (Lipinski definition) is 4. The van der Waals surface area contributed by atoms with E-state index < -0.39 is 0 Å². The molecule has 0 aromatic heterocycles. The normalized spacial score (nSPS) is 20.6. The molecule has 1 aliphatic carbocycles. The van der Waals surface area contributed by atoms with E-state index in [4.69, 9.17) is 18.9 Å². The van der Waals surface area contributed by atoms with Crippen LogP contribution >= 0.6 is 0 Å². The van der Waals surface area contributed by atoms with Crippen LogP contribution in [-0.4, -0.2) is 23.8 Å². The Morgan fingerprint density at radius 2 is 1.05 bits per heavy atom. The molecule has 0 spiro atoms. The van der Waals surface area contributed by atoms with Crippen LogP contribution in [0.2, 0.25) is 0 Å². The van der Waals surface area contributed by atoms with Crippen molar-refractivity contribution in [3.63, 3.8) is 0 Å². The van der Waals surface area contributed by atoms with E-state index in [1.165, 1.54) is 36.8 Å². The molecular weight excluding hydrogens is 472 g/mol. The van der Waals surface area contributed by atoms with E-state index in [0.717, 1.165) is 23.8 Å². The summed E-state index contributed by atoms with van der Waals surface area (Å²) in [7, 11) is 0. The average molecular weight is 525 g/mol. The number of rotatable bonds is 10. The third-order valence-corrected chi connectivity index (χ3v) is 7.56. The molecule has 1 saturated carbocycles. The maximum atomic E-state index is 5.98. The van der Waals surface area contributed by atoms with Gasteiger partial charge >= 0.3 is 0 Å². The molecule has 0 aliphatic heterocycles. The van der Waals surface area contributed by atoms with Gasteiger partial charge in [-0.25, -0.2) is 0 Å². The van der Waals surface area contributed by atoms with Gasteiger partial charge in [0.15, 0.2) is 12.6 Å². The first-order valence-corrected chi connectivity index (χ1v) is 14.5. The van der Waals surface area contributed by atoms with E-state index >= 15 is 0 Å². The van der Waals surface area contributed by atoms with Gasteiger partial charge in [-0.2, -0.15) is 0 Å². The van der Waals surface area contributed by atoms with Gasteiger partial charge in [0.2, 0.25) is 0 Å². The first kappa shape index (κ1) is 30.5. The van der Waals surface area contributed by atoms with Crippen molar-refractivity contribution in [2.45, 2.75) is 131 Å². The van der Waals surface area contributed by atoms with Crippen molar-refractivity contribution >= 4 is 0 Å². The first-order chi connectivity index (χ1) is 17.6. The fourth-order valence-electron chi connectivity index (χ4n) is 5.75. The molecule has 0 N–H and O–H groups in total. The van der Waals surface area contributed by atoms with E-state index in [-0.39, 0.29) is 29.2 Å². The molecule has 0 heterocycles. The Labute approximate surface area is 232 Å². The number of benzene rings is 2. The van der Waals surface area contributed by atoms with Crippen molar-refractivity contribution in [2.24, 2.45) is 11.8 Å². The van der Waals surface area contributed by atoms with Crippen LogP contribution in [0.1, 0.15) is 106 Å². The van der Waals surface area contributed by atoms with Crippen LogP contribution < -0.4 is 9.47 Å². The molecule has 2 atom stereocenters. The highest BCUT2D eigenvalue weighted by atomic mass is 16.7. The largest absolute Gasteiger partial charge is 0.465 e. The van der Waals surface area contributed by atoms with Gasteiger partial charge in [0.25, 0.3) is 0 Å². The predicted molar refractivity (Wildman–Crippen MR) is 157 cm³/mol. The molecule has 212 valence electrons. The second kappa shape index (κ2) is 12.4. The van der Waals surface area contributed by atoms with Gasteiger partial charge in [0.1, 0.15) is 11.5 Å². The summed E-state index contributed by atoms with van der Waals surface area (Å²) >= 11 is 0. The molecule has 0 radical (unpaired) electrons. The second-order valence-corrected chi connectivity index (χ2v) is 13.6. The van der Waals surface area contributed by atoms with Gasteiger partial charge in [-0.3, -0.25) is 0 Å². The number of ether oxygens (including phenoxy) is 4. The minimum atomic E-state index is -0.279. The zero-order valence-electron chi connectivity index (χ0n) is 25.6. The van der Waals surface area contributed by atoms with E-state index in [9.17, 15) is 0 Å². The number of hydrogen-bond donors (Lipinski definition) is 0. The van der Waals surface area contributed by atoms with Crippen molar-refractivity contribution in [3.8, 4) is 11.5 Å². The SMILES string of the molecule is CC(Oc1ccc(CC2CCC(C(C)(C)c3ccc(OC(C)OC(C)(C)C)cc3)CC2)cc1)OC(C)(C)C.